The van der Waals surface area contributed by atoms with Crippen molar-refractivity contribution in [2.24, 2.45) is 0 Å². The second-order valence-corrected chi connectivity index (χ2v) is 3.96. The van der Waals surface area contributed by atoms with E-state index in [2.05, 4.69) is 10.3 Å². The first-order chi connectivity index (χ1) is 7.20. The molecule has 76 valence electrons. The lowest BCUT2D eigenvalue weighted by Gasteiger charge is -2.02. The zero-order chi connectivity index (χ0) is 10.8. The lowest BCUT2D eigenvalue weighted by molar-refractivity contribution is 0.111. The molecule has 1 aromatic heterocycles. The first-order valence-electron chi connectivity index (χ1n) is 4.03. The maximum atomic E-state index is 12.8. The molecule has 0 saturated carbocycles. The van der Waals surface area contributed by atoms with E-state index in [4.69, 9.17) is 0 Å². The van der Waals surface area contributed by atoms with Crippen LogP contribution in [-0.2, 0) is 0 Å². The van der Waals surface area contributed by atoms with Gasteiger partial charge in [0, 0.05) is 3.57 Å². The molecule has 2 rings (SSSR count). The van der Waals surface area contributed by atoms with E-state index in [0.717, 1.165) is 0 Å². The number of hydrogen-bond acceptors (Lipinski definition) is 3. The molecule has 0 amide bonds. The Kier molecular flexibility index (Phi) is 2.76. The molecular formula is C9H5FIN3O. The highest BCUT2D eigenvalue weighted by Crippen LogP contribution is 2.17. The Hall–Kier alpha value is -1.31. The fraction of sp³-hybridized carbons (Fsp3) is 0. The zero-order valence-electron chi connectivity index (χ0n) is 7.39. The molecule has 0 radical (unpaired) electrons. The molecule has 0 spiro atoms. The van der Waals surface area contributed by atoms with Crippen molar-refractivity contribution >= 4 is 28.9 Å². The van der Waals surface area contributed by atoms with Crippen LogP contribution in [0.4, 0.5) is 4.39 Å². The Labute approximate surface area is 98.2 Å². The van der Waals surface area contributed by atoms with E-state index in [1.165, 1.54) is 23.0 Å². The summed E-state index contributed by atoms with van der Waals surface area (Å²) < 4.78 is 15.0. The lowest BCUT2D eigenvalue weighted by Crippen LogP contribution is -1.98. The summed E-state index contributed by atoms with van der Waals surface area (Å²) in [4.78, 5) is 10.4. The van der Waals surface area contributed by atoms with Crippen molar-refractivity contribution in [2.45, 2.75) is 0 Å². The molecule has 6 heteroatoms. The molecule has 0 aliphatic heterocycles. The second-order valence-electron chi connectivity index (χ2n) is 2.80. The van der Waals surface area contributed by atoms with Crippen molar-refractivity contribution in [1.29, 1.82) is 0 Å². The van der Waals surface area contributed by atoms with E-state index < -0.39 is 0 Å². The summed E-state index contributed by atoms with van der Waals surface area (Å²) >= 11 is 1.99. The molecule has 1 aromatic carbocycles. The fourth-order valence-electron chi connectivity index (χ4n) is 1.12. The predicted molar refractivity (Wildman–Crippen MR) is 59.4 cm³/mol. The van der Waals surface area contributed by atoms with Crippen LogP contribution in [0.25, 0.3) is 5.69 Å². The number of aromatic nitrogens is 3. The number of aldehydes is 1. The average Bonchev–Trinajstić information content (AvgIpc) is 2.66. The predicted octanol–water partition coefficient (Wildman–Crippen LogP) is 1.82. The minimum atomic E-state index is -0.307. The van der Waals surface area contributed by atoms with Crippen LogP contribution in [0.1, 0.15) is 10.5 Å². The molecule has 0 N–H and O–H groups in total. The third kappa shape index (κ3) is 2.04. The van der Waals surface area contributed by atoms with Crippen LogP contribution in [0, 0.1) is 9.39 Å². The Balaban J connectivity index is 2.49. The van der Waals surface area contributed by atoms with Crippen molar-refractivity contribution in [1.82, 2.24) is 15.0 Å². The van der Waals surface area contributed by atoms with E-state index in [0.29, 0.717) is 15.5 Å². The molecule has 2 aromatic rings. The maximum Gasteiger partial charge on any atom is 0.171 e. The van der Waals surface area contributed by atoms with Crippen molar-refractivity contribution in [3.63, 3.8) is 0 Å². The van der Waals surface area contributed by atoms with E-state index in [1.807, 2.05) is 22.6 Å². The maximum absolute atomic E-state index is 12.8. The zero-order valence-corrected chi connectivity index (χ0v) is 9.55. The molecule has 15 heavy (non-hydrogen) atoms. The second kappa shape index (κ2) is 4.05. The van der Waals surface area contributed by atoms with E-state index in [-0.39, 0.29) is 11.5 Å². The van der Waals surface area contributed by atoms with Gasteiger partial charge in [-0.05, 0) is 40.8 Å². The number of carbonyl (C=O) groups excluding carboxylic acids is 1. The van der Waals surface area contributed by atoms with Crippen LogP contribution >= 0.6 is 22.6 Å². The standard InChI is InChI=1S/C9H5FIN3O/c10-6-1-2-9(8(11)3-6)14-4-7(5-15)12-13-14/h1-5H. The van der Waals surface area contributed by atoms with Gasteiger partial charge in [-0.3, -0.25) is 4.79 Å². The molecule has 0 saturated heterocycles. The molecule has 0 atom stereocenters. The van der Waals surface area contributed by atoms with Gasteiger partial charge in [0.1, 0.15) is 11.5 Å². The van der Waals surface area contributed by atoms with Gasteiger partial charge in [0.2, 0.25) is 0 Å². The molecule has 1 heterocycles. The first-order valence-corrected chi connectivity index (χ1v) is 5.11. The van der Waals surface area contributed by atoms with E-state index in [1.54, 1.807) is 6.07 Å². The van der Waals surface area contributed by atoms with Crippen molar-refractivity contribution in [3.05, 3.63) is 39.5 Å². The normalized spacial score (nSPS) is 10.3. The van der Waals surface area contributed by atoms with Gasteiger partial charge in [0.25, 0.3) is 0 Å². The molecule has 0 unspecified atom stereocenters. The Morgan fingerprint density at radius 3 is 2.87 bits per heavy atom. The first kappa shape index (κ1) is 10.2. The van der Waals surface area contributed by atoms with Gasteiger partial charge in [0.05, 0.1) is 11.9 Å². The Bertz CT molecular complexity index is 512. The van der Waals surface area contributed by atoms with Crippen molar-refractivity contribution in [3.8, 4) is 5.69 Å². The Morgan fingerprint density at radius 1 is 1.47 bits per heavy atom. The average molecular weight is 317 g/mol. The summed E-state index contributed by atoms with van der Waals surface area (Å²) in [5, 5.41) is 7.38. The lowest BCUT2D eigenvalue weighted by atomic mass is 10.3. The van der Waals surface area contributed by atoms with Gasteiger partial charge in [-0.1, -0.05) is 5.21 Å². The van der Waals surface area contributed by atoms with E-state index in [9.17, 15) is 9.18 Å². The summed E-state index contributed by atoms with van der Waals surface area (Å²) in [7, 11) is 0. The smallest absolute Gasteiger partial charge is 0.171 e. The molecule has 0 aliphatic rings. The van der Waals surface area contributed by atoms with Crippen LogP contribution in [0.5, 0.6) is 0 Å². The third-order valence-corrected chi connectivity index (χ3v) is 2.65. The number of hydrogen-bond donors (Lipinski definition) is 0. The minimum Gasteiger partial charge on any atom is -0.296 e. The van der Waals surface area contributed by atoms with Gasteiger partial charge in [0.15, 0.2) is 6.29 Å². The topological polar surface area (TPSA) is 47.8 Å². The highest BCUT2D eigenvalue weighted by atomic mass is 127. The number of benzene rings is 1. The van der Waals surface area contributed by atoms with Crippen LogP contribution in [0.3, 0.4) is 0 Å². The number of carbonyl (C=O) groups is 1. The Morgan fingerprint density at radius 2 is 2.27 bits per heavy atom. The summed E-state index contributed by atoms with van der Waals surface area (Å²) in [6, 6.07) is 4.30. The molecule has 0 aliphatic carbocycles. The van der Waals surface area contributed by atoms with Crippen LogP contribution < -0.4 is 0 Å². The number of nitrogens with zero attached hydrogens (tertiary/aromatic N) is 3. The van der Waals surface area contributed by atoms with Crippen molar-refractivity contribution < 1.29 is 9.18 Å². The van der Waals surface area contributed by atoms with Crippen molar-refractivity contribution in [2.75, 3.05) is 0 Å². The van der Waals surface area contributed by atoms with E-state index >= 15 is 0 Å². The summed E-state index contributed by atoms with van der Waals surface area (Å²) in [5.74, 6) is -0.307. The SMILES string of the molecule is O=Cc1cn(-c2ccc(F)cc2I)nn1. The summed E-state index contributed by atoms with van der Waals surface area (Å²) in [6.07, 6.45) is 2.10. The van der Waals surface area contributed by atoms with Gasteiger partial charge < -0.3 is 0 Å². The monoisotopic (exact) mass is 317 g/mol. The highest BCUT2D eigenvalue weighted by molar-refractivity contribution is 14.1. The fourth-order valence-corrected chi connectivity index (χ4v) is 1.84. The molecule has 4 nitrogen and oxygen atoms in total. The highest BCUT2D eigenvalue weighted by Gasteiger charge is 2.06. The summed E-state index contributed by atoms with van der Waals surface area (Å²) in [6.45, 7) is 0. The van der Waals surface area contributed by atoms with Gasteiger partial charge >= 0.3 is 0 Å². The third-order valence-electron chi connectivity index (χ3n) is 1.79. The van der Waals surface area contributed by atoms with Crippen LogP contribution in [-0.4, -0.2) is 21.3 Å². The van der Waals surface area contributed by atoms with Crippen LogP contribution in [0.2, 0.25) is 0 Å². The van der Waals surface area contributed by atoms with Crippen LogP contribution in [0.15, 0.2) is 24.4 Å². The van der Waals surface area contributed by atoms with Gasteiger partial charge in [-0.2, -0.15) is 0 Å². The molecule has 0 fully saturated rings. The minimum absolute atomic E-state index is 0.245. The molecular weight excluding hydrogens is 312 g/mol. The number of rotatable bonds is 2. The molecule has 0 bridgehead atoms. The van der Waals surface area contributed by atoms with Gasteiger partial charge in [-0.25, -0.2) is 9.07 Å². The van der Waals surface area contributed by atoms with Gasteiger partial charge in [-0.15, -0.1) is 5.10 Å². The summed E-state index contributed by atoms with van der Waals surface area (Å²) in [5.41, 5.74) is 0.938. The largest absolute Gasteiger partial charge is 0.296 e. The quantitative estimate of drug-likeness (QED) is 0.627. The number of halogens is 2.